The molecule has 0 saturated heterocycles. The van der Waals surface area contributed by atoms with Gasteiger partial charge >= 0.3 is 0 Å². The Balaban J connectivity index is 1.56. The van der Waals surface area contributed by atoms with Crippen molar-refractivity contribution >= 4 is 17.3 Å². The number of carbonyl (C=O) groups is 2. The molecule has 0 atom stereocenters. The van der Waals surface area contributed by atoms with Crippen molar-refractivity contribution in [3.63, 3.8) is 0 Å². The van der Waals surface area contributed by atoms with Gasteiger partial charge in [-0.1, -0.05) is 57.5 Å². The van der Waals surface area contributed by atoms with Crippen LogP contribution in [0, 0.1) is 16.7 Å². The van der Waals surface area contributed by atoms with Gasteiger partial charge in [0, 0.05) is 61.2 Å². The predicted octanol–water partition coefficient (Wildman–Crippen LogP) is 6.66. The molecule has 1 aliphatic heterocycles. The minimum Gasteiger partial charge on any atom is -0.465 e. The highest BCUT2D eigenvalue weighted by Gasteiger charge is 2.48. The number of anilines is 1. The minimum absolute atomic E-state index is 0.126. The average Bonchev–Trinajstić information content (AvgIpc) is 2.76. The van der Waals surface area contributed by atoms with Crippen LogP contribution in [0.25, 0.3) is 0 Å². The van der Waals surface area contributed by atoms with Gasteiger partial charge in [-0.2, -0.15) is 0 Å². The molecule has 0 bridgehead atoms. The fraction of sp³-hybridized carbons (Fsp3) is 0.467. The van der Waals surface area contributed by atoms with Gasteiger partial charge in [-0.25, -0.2) is 0 Å². The standard InChI is InChI=1S/C30H35NO3/c1-29(2)15-22(32)27-24(17-29)34-25-18-30(3,4)16-23(33)28(25)26(27)19-11-13-21(14-12-19)31(5)20-9-7-6-8-10-20/h6-11,13,26H,12,14-18H2,1-5H3. The SMILES string of the molecule is CN(C1=CC=C(C2C3=C(CC(C)(C)CC3=O)OC3=C2C(=O)CC(C)(C)C3)CC1)c1ccccc1. The van der Waals surface area contributed by atoms with Crippen LogP contribution in [0.1, 0.15) is 66.2 Å². The molecule has 4 aliphatic rings. The minimum atomic E-state index is -0.259. The molecule has 178 valence electrons. The molecule has 1 heterocycles. The van der Waals surface area contributed by atoms with Gasteiger partial charge in [0.2, 0.25) is 0 Å². The molecule has 4 heteroatoms. The summed E-state index contributed by atoms with van der Waals surface area (Å²) in [6.07, 6.45) is 8.49. The van der Waals surface area contributed by atoms with Crippen molar-refractivity contribution in [2.75, 3.05) is 11.9 Å². The molecule has 0 aromatic heterocycles. The van der Waals surface area contributed by atoms with Crippen LogP contribution in [0.5, 0.6) is 0 Å². The smallest absolute Gasteiger partial charge is 0.163 e. The fourth-order valence-corrected chi connectivity index (χ4v) is 6.03. The van der Waals surface area contributed by atoms with E-state index in [9.17, 15) is 9.59 Å². The summed E-state index contributed by atoms with van der Waals surface area (Å²) >= 11 is 0. The van der Waals surface area contributed by atoms with Crippen LogP contribution in [0.3, 0.4) is 0 Å². The van der Waals surface area contributed by atoms with Crippen LogP contribution in [-0.2, 0) is 14.3 Å². The number of hydrogen-bond donors (Lipinski definition) is 0. The summed E-state index contributed by atoms with van der Waals surface area (Å²) < 4.78 is 6.41. The first-order chi connectivity index (χ1) is 16.0. The first-order valence-electron chi connectivity index (χ1n) is 12.4. The summed E-state index contributed by atoms with van der Waals surface area (Å²) in [6.45, 7) is 8.50. The van der Waals surface area contributed by atoms with Gasteiger partial charge in [0.05, 0.1) is 0 Å². The molecule has 0 spiro atoms. The van der Waals surface area contributed by atoms with Crippen molar-refractivity contribution in [1.82, 2.24) is 0 Å². The van der Waals surface area contributed by atoms with E-state index in [0.717, 1.165) is 59.6 Å². The van der Waals surface area contributed by atoms with E-state index in [4.69, 9.17) is 4.74 Å². The summed E-state index contributed by atoms with van der Waals surface area (Å²) in [7, 11) is 2.09. The summed E-state index contributed by atoms with van der Waals surface area (Å²) in [6, 6.07) is 10.3. The Morgan fingerprint density at radius 1 is 0.794 bits per heavy atom. The van der Waals surface area contributed by atoms with Crippen molar-refractivity contribution in [1.29, 1.82) is 0 Å². The highest BCUT2D eigenvalue weighted by Crippen LogP contribution is 2.52. The van der Waals surface area contributed by atoms with Gasteiger partial charge in [-0.3, -0.25) is 9.59 Å². The number of carbonyl (C=O) groups excluding carboxylic acids is 2. The third-order valence-electron chi connectivity index (χ3n) is 7.69. The number of hydrogen-bond acceptors (Lipinski definition) is 4. The Bertz CT molecular complexity index is 1120. The molecule has 0 unspecified atom stereocenters. The Morgan fingerprint density at radius 3 is 1.85 bits per heavy atom. The van der Waals surface area contributed by atoms with E-state index in [2.05, 4.69) is 63.9 Å². The van der Waals surface area contributed by atoms with Crippen molar-refractivity contribution < 1.29 is 14.3 Å². The lowest BCUT2D eigenvalue weighted by atomic mass is 9.64. The van der Waals surface area contributed by atoms with Crippen molar-refractivity contribution in [3.05, 3.63) is 76.4 Å². The molecule has 3 aliphatic carbocycles. The molecular weight excluding hydrogens is 422 g/mol. The summed E-state index contributed by atoms with van der Waals surface area (Å²) in [4.78, 5) is 29.1. The fourth-order valence-electron chi connectivity index (χ4n) is 6.03. The second kappa shape index (κ2) is 8.11. The van der Waals surface area contributed by atoms with E-state index in [-0.39, 0.29) is 28.3 Å². The zero-order valence-electron chi connectivity index (χ0n) is 21.0. The van der Waals surface area contributed by atoms with Crippen LogP contribution < -0.4 is 4.90 Å². The Hall–Kier alpha value is -2.88. The van der Waals surface area contributed by atoms with E-state index < -0.39 is 0 Å². The zero-order valence-corrected chi connectivity index (χ0v) is 21.0. The maximum atomic E-state index is 13.4. The van der Waals surface area contributed by atoms with Crippen LogP contribution in [0.4, 0.5) is 5.69 Å². The molecule has 4 nitrogen and oxygen atoms in total. The van der Waals surface area contributed by atoms with Crippen molar-refractivity contribution in [2.45, 2.75) is 66.2 Å². The largest absolute Gasteiger partial charge is 0.465 e. The van der Waals surface area contributed by atoms with Crippen LogP contribution in [-0.4, -0.2) is 18.6 Å². The molecule has 0 amide bonds. The lowest BCUT2D eigenvalue weighted by Gasteiger charge is -2.43. The lowest BCUT2D eigenvalue weighted by molar-refractivity contribution is -0.120. The summed E-state index contributed by atoms with van der Waals surface area (Å²) in [5.41, 5.74) is 4.78. The van der Waals surface area contributed by atoms with E-state index in [1.165, 1.54) is 5.70 Å². The molecule has 0 saturated carbocycles. The molecule has 1 aromatic carbocycles. The molecule has 0 radical (unpaired) electrons. The summed E-state index contributed by atoms with van der Waals surface area (Å²) in [5.74, 6) is 1.61. The van der Waals surface area contributed by atoms with Gasteiger partial charge in [-0.05, 0) is 41.9 Å². The Labute approximate surface area is 203 Å². The number of para-hydroxylation sites is 1. The molecular formula is C30H35NO3. The van der Waals surface area contributed by atoms with Crippen LogP contribution in [0.15, 0.2) is 76.4 Å². The molecule has 5 rings (SSSR count). The first kappa shape index (κ1) is 22.9. The van der Waals surface area contributed by atoms with Gasteiger partial charge in [0.25, 0.3) is 0 Å². The predicted molar refractivity (Wildman–Crippen MR) is 135 cm³/mol. The van der Waals surface area contributed by atoms with Gasteiger partial charge < -0.3 is 9.64 Å². The highest BCUT2D eigenvalue weighted by molar-refractivity contribution is 6.05. The maximum absolute atomic E-state index is 13.4. The maximum Gasteiger partial charge on any atom is 0.163 e. The quantitative estimate of drug-likeness (QED) is 0.509. The number of rotatable bonds is 3. The van der Waals surface area contributed by atoms with Crippen LogP contribution in [0.2, 0.25) is 0 Å². The van der Waals surface area contributed by atoms with E-state index in [1.807, 2.05) is 18.2 Å². The lowest BCUT2D eigenvalue weighted by Crippen LogP contribution is -2.39. The van der Waals surface area contributed by atoms with E-state index in [1.54, 1.807) is 0 Å². The number of ether oxygens (including phenoxy) is 1. The molecule has 1 aromatic rings. The molecule has 34 heavy (non-hydrogen) atoms. The third-order valence-corrected chi connectivity index (χ3v) is 7.69. The number of nitrogens with zero attached hydrogens (tertiary/aromatic N) is 1. The van der Waals surface area contributed by atoms with Crippen molar-refractivity contribution in [3.8, 4) is 0 Å². The summed E-state index contributed by atoms with van der Waals surface area (Å²) in [5, 5.41) is 0. The second-order valence-corrected chi connectivity index (χ2v) is 11.9. The van der Waals surface area contributed by atoms with Gasteiger partial charge in [0.1, 0.15) is 11.5 Å². The van der Waals surface area contributed by atoms with E-state index >= 15 is 0 Å². The first-order valence-corrected chi connectivity index (χ1v) is 12.4. The normalized spacial score (nSPS) is 24.1. The Kier molecular flexibility index (Phi) is 5.46. The number of Topliss-reactive ketones (excluding diaryl/α,β-unsaturated/α-hetero) is 2. The van der Waals surface area contributed by atoms with Gasteiger partial charge in [-0.15, -0.1) is 0 Å². The van der Waals surface area contributed by atoms with Crippen LogP contribution >= 0.6 is 0 Å². The monoisotopic (exact) mass is 457 g/mol. The third kappa shape index (κ3) is 4.08. The number of benzene rings is 1. The Morgan fingerprint density at radius 2 is 1.35 bits per heavy atom. The van der Waals surface area contributed by atoms with Crippen molar-refractivity contribution in [2.24, 2.45) is 16.7 Å². The molecule has 0 N–H and O–H groups in total. The average molecular weight is 458 g/mol. The number of ketones is 2. The van der Waals surface area contributed by atoms with E-state index in [0.29, 0.717) is 12.8 Å². The second-order valence-electron chi connectivity index (χ2n) is 11.9. The zero-order chi connectivity index (χ0) is 24.3. The molecule has 0 fully saturated rings. The number of allylic oxidation sites excluding steroid dienone is 8. The van der Waals surface area contributed by atoms with Gasteiger partial charge in [0.15, 0.2) is 11.6 Å². The highest BCUT2D eigenvalue weighted by atomic mass is 16.5. The topological polar surface area (TPSA) is 46.6 Å².